The summed E-state index contributed by atoms with van der Waals surface area (Å²) >= 11 is 1.58. The van der Waals surface area contributed by atoms with E-state index in [0.29, 0.717) is 24.6 Å². The second-order valence-corrected chi connectivity index (χ2v) is 7.85. The lowest BCUT2D eigenvalue weighted by Gasteiger charge is -2.32. The van der Waals surface area contributed by atoms with Crippen LogP contribution >= 0.6 is 11.8 Å². The van der Waals surface area contributed by atoms with Gasteiger partial charge in [0.05, 0.1) is 18.0 Å². The first kappa shape index (κ1) is 20.0. The summed E-state index contributed by atoms with van der Waals surface area (Å²) in [4.78, 5) is 28.7. The summed E-state index contributed by atoms with van der Waals surface area (Å²) in [6.45, 7) is 0.551. The second-order valence-electron chi connectivity index (χ2n) is 6.85. The number of ether oxygens (including phenoxy) is 1. The number of likely N-dealkylation sites (tertiary alicyclic amines) is 1. The van der Waals surface area contributed by atoms with Gasteiger partial charge >= 0.3 is 6.09 Å². The predicted molar refractivity (Wildman–Crippen MR) is 102 cm³/mol. The molecule has 1 unspecified atom stereocenters. The SMILES string of the molecule is O=C(OCc1ccccc1)N1CCC[C@H]1C(=O)N1CSC[C@H]1C(O)CCO. The zero-order chi connectivity index (χ0) is 19.2. The van der Waals surface area contributed by atoms with Crippen molar-refractivity contribution >= 4 is 23.8 Å². The van der Waals surface area contributed by atoms with Gasteiger partial charge in [-0.05, 0) is 24.8 Å². The van der Waals surface area contributed by atoms with Crippen LogP contribution in [0.1, 0.15) is 24.8 Å². The molecule has 2 aliphatic rings. The summed E-state index contributed by atoms with van der Waals surface area (Å²) in [5, 5.41) is 19.3. The fourth-order valence-electron chi connectivity index (χ4n) is 3.56. The Kier molecular flexibility index (Phi) is 6.98. The maximum Gasteiger partial charge on any atom is 0.410 e. The molecule has 7 nitrogen and oxygen atoms in total. The topological polar surface area (TPSA) is 90.3 Å². The first-order valence-corrected chi connectivity index (χ1v) is 10.4. The number of hydrogen-bond donors (Lipinski definition) is 2. The molecule has 3 atom stereocenters. The van der Waals surface area contributed by atoms with Crippen molar-refractivity contribution in [1.82, 2.24) is 9.80 Å². The molecule has 148 valence electrons. The first-order chi connectivity index (χ1) is 13.1. The lowest BCUT2D eigenvalue weighted by atomic mass is 10.1. The molecule has 2 N–H and O–H groups in total. The Morgan fingerprint density at radius 3 is 2.78 bits per heavy atom. The zero-order valence-corrected chi connectivity index (χ0v) is 16.0. The van der Waals surface area contributed by atoms with Crippen molar-refractivity contribution in [1.29, 1.82) is 0 Å². The van der Waals surface area contributed by atoms with Crippen LogP contribution in [0, 0.1) is 0 Å². The minimum absolute atomic E-state index is 0.119. The van der Waals surface area contributed by atoms with Crippen molar-refractivity contribution in [3.8, 4) is 0 Å². The van der Waals surface area contributed by atoms with Crippen molar-refractivity contribution < 1.29 is 24.5 Å². The van der Waals surface area contributed by atoms with Gasteiger partial charge in [0.25, 0.3) is 0 Å². The molecular weight excluding hydrogens is 368 g/mol. The van der Waals surface area contributed by atoms with Gasteiger partial charge in [0, 0.05) is 18.9 Å². The highest BCUT2D eigenvalue weighted by Gasteiger charge is 2.42. The first-order valence-electron chi connectivity index (χ1n) is 9.26. The van der Waals surface area contributed by atoms with E-state index in [1.54, 1.807) is 16.7 Å². The molecule has 0 radical (unpaired) electrons. The fraction of sp³-hybridized carbons (Fsp3) is 0.579. The molecule has 2 aliphatic heterocycles. The van der Waals surface area contributed by atoms with Gasteiger partial charge in [0.15, 0.2) is 0 Å². The van der Waals surface area contributed by atoms with Crippen LogP contribution in [0.4, 0.5) is 4.79 Å². The highest BCUT2D eigenvalue weighted by atomic mass is 32.2. The van der Waals surface area contributed by atoms with Gasteiger partial charge in [-0.3, -0.25) is 9.69 Å². The predicted octanol–water partition coefficient (Wildman–Crippen LogP) is 1.43. The summed E-state index contributed by atoms with van der Waals surface area (Å²) in [7, 11) is 0. The van der Waals surface area contributed by atoms with Gasteiger partial charge < -0.3 is 19.8 Å². The third-order valence-electron chi connectivity index (χ3n) is 5.05. The van der Waals surface area contributed by atoms with Gasteiger partial charge in [-0.1, -0.05) is 30.3 Å². The number of carbonyl (C=O) groups is 2. The molecule has 0 bridgehead atoms. The van der Waals surface area contributed by atoms with E-state index in [2.05, 4.69) is 0 Å². The fourth-order valence-corrected chi connectivity index (χ4v) is 4.83. The van der Waals surface area contributed by atoms with Crippen molar-refractivity contribution in [3.63, 3.8) is 0 Å². The standard InChI is InChI=1S/C19H26N2O5S/c22-10-8-17(23)16-12-27-13-21(16)18(24)15-7-4-9-20(15)19(25)26-11-14-5-2-1-3-6-14/h1-3,5-6,15-17,22-23H,4,7-13H2/t15-,16-,17?/m0/s1. The summed E-state index contributed by atoms with van der Waals surface area (Å²) in [6, 6.07) is 8.56. The van der Waals surface area contributed by atoms with Crippen molar-refractivity contribution in [2.24, 2.45) is 0 Å². The lowest BCUT2D eigenvalue weighted by molar-refractivity contribution is -0.138. The van der Waals surface area contributed by atoms with Crippen LogP contribution in [-0.2, 0) is 16.1 Å². The number of aliphatic hydroxyl groups excluding tert-OH is 2. The van der Waals surface area contributed by atoms with E-state index in [9.17, 15) is 14.7 Å². The molecule has 2 heterocycles. The molecule has 27 heavy (non-hydrogen) atoms. The Labute approximate surface area is 163 Å². The molecule has 3 rings (SSSR count). The Morgan fingerprint density at radius 1 is 1.26 bits per heavy atom. The van der Waals surface area contributed by atoms with Crippen LogP contribution in [0.2, 0.25) is 0 Å². The van der Waals surface area contributed by atoms with Gasteiger partial charge in [-0.15, -0.1) is 11.8 Å². The Bertz CT molecular complexity index is 644. The minimum Gasteiger partial charge on any atom is -0.445 e. The summed E-state index contributed by atoms with van der Waals surface area (Å²) in [5.41, 5.74) is 0.899. The maximum atomic E-state index is 13.0. The molecule has 2 saturated heterocycles. The van der Waals surface area contributed by atoms with E-state index >= 15 is 0 Å². The molecule has 1 aromatic rings. The van der Waals surface area contributed by atoms with Crippen LogP contribution in [-0.4, -0.2) is 75.0 Å². The quantitative estimate of drug-likeness (QED) is 0.759. The summed E-state index contributed by atoms with van der Waals surface area (Å²) in [6.07, 6.45) is 0.357. The monoisotopic (exact) mass is 394 g/mol. The van der Waals surface area contributed by atoms with Crippen LogP contribution < -0.4 is 0 Å². The third-order valence-corrected chi connectivity index (χ3v) is 6.09. The normalized spacial score (nSPS) is 23.5. The number of carbonyl (C=O) groups excluding carboxylic acids is 2. The molecular formula is C19H26N2O5S. The molecule has 2 fully saturated rings. The molecule has 0 aliphatic carbocycles. The van der Waals surface area contributed by atoms with Gasteiger partial charge in [0.1, 0.15) is 12.6 Å². The molecule has 0 spiro atoms. The number of amides is 2. The number of aliphatic hydroxyl groups is 2. The molecule has 0 aromatic heterocycles. The highest BCUT2D eigenvalue weighted by molar-refractivity contribution is 7.99. The van der Waals surface area contributed by atoms with Crippen molar-refractivity contribution in [3.05, 3.63) is 35.9 Å². The van der Waals surface area contributed by atoms with E-state index < -0.39 is 18.2 Å². The highest BCUT2D eigenvalue weighted by Crippen LogP contribution is 2.29. The molecule has 2 amide bonds. The van der Waals surface area contributed by atoms with Gasteiger partial charge in [-0.2, -0.15) is 0 Å². The summed E-state index contributed by atoms with van der Waals surface area (Å²) in [5.74, 6) is 0.990. The van der Waals surface area contributed by atoms with E-state index in [1.165, 1.54) is 4.90 Å². The number of thioether (sulfide) groups is 1. The number of benzene rings is 1. The third kappa shape index (κ3) is 4.75. The smallest absolute Gasteiger partial charge is 0.410 e. The van der Waals surface area contributed by atoms with Gasteiger partial charge in [-0.25, -0.2) is 4.79 Å². The van der Waals surface area contributed by atoms with E-state index in [-0.39, 0.29) is 31.6 Å². The number of rotatable bonds is 6. The van der Waals surface area contributed by atoms with Crippen LogP contribution in [0.25, 0.3) is 0 Å². The largest absolute Gasteiger partial charge is 0.445 e. The molecule has 0 saturated carbocycles. The molecule has 8 heteroatoms. The van der Waals surface area contributed by atoms with Gasteiger partial charge in [0.2, 0.25) is 5.91 Å². The van der Waals surface area contributed by atoms with Crippen LogP contribution in [0.3, 0.4) is 0 Å². The van der Waals surface area contributed by atoms with E-state index in [4.69, 9.17) is 9.84 Å². The van der Waals surface area contributed by atoms with Crippen LogP contribution in [0.15, 0.2) is 30.3 Å². The average molecular weight is 394 g/mol. The van der Waals surface area contributed by atoms with Crippen molar-refractivity contribution in [2.75, 3.05) is 24.8 Å². The Hall–Kier alpha value is -1.77. The number of hydrogen-bond acceptors (Lipinski definition) is 6. The van der Waals surface area contributed by atoms with E-state index in [1.807, 2.05) is 30.3 Å². The van der Waals surface area contributed by atoms with Crippen LogP contribution in [0.5, 0.6) is 0 Å². The lowest BCUT2D eigenvalue weighted by Crippen LogP contribution is -2.52. The Balaban J connectivity index is 1.61. The maximum absolute atomic E-state index is 13.0. The Morgan fingerprint density at radius 2 is 2.04 bits per heavy atom. The zero-order valence-electron chi connectivity index (χ0n) is 15.2. The van der Waals surface area contributed by atoms with E-state index in [0.717, 1.165) is 12.0 Å². The summed E-state index contributed by atoms with van der Waals surface area (Å²) < 4.78 is 5.40. The molecule has 1 aromatic carbocycles. The number of nitrogens with zero attached hydrogens (tertiary/aromatic N) is 2. The minimum atomic E-state index is -0.756. The van der Waals surface area contributed by atoms with Crippen molar-refractivity contribution in [2.45, 2.75) is 44.1 Å². The average Bonchev–Trinajstić information content (AvgIpc) is 3.36. The second kappa shape index (κ2) is 9.43.